The van der Waals surface area contributed by atoms with Crippen LogP contribution in [0.15, 0.2) is 18.2 Å². The number of Topliss-reactive ketones (excluding diaryl/α,β-unsaturated/α-hetero) is 1. The van der Waals surface area contributed by atoms with E-state index in [1.54, 1.807) is 32.4 Å². The third-order valence-corrected chi connectivity index (χ3v) is 4.22. The van der Waals surface area contributed by atoms with Gasteiger partial charge in [0.1, 0.15) is 11.5 Å². The third-order valence-electron chi connectivity index (χ3n) is 4.22. The Balaban J connectivity index is 2.31. The summed E-state index contributed by atoms with van der Waals surface area (Å²) in [5.41, 5.74) is 6.44. The molecule has 2 unspecified atom stereocenters. The van der Waals surface area contributed by atoms with Gasteiger partial charge < -0.3 is 15.2 Å². The molecule has 1 aliphatic carbocycles. The van der Waals surface area contributed by atoms with Gasteiger partial charge in [-0.25, -0.2) is 0 Å². The van der Waals surface area contributed by atoms with Crippen molar-refractivity contribution < 1.29 is 14.3 Å². The van der Waals surface area contributed by atoms with Gasteiger partial charge >= 0.3 is 0 Å². The van der Waals surface area contributed by atoms with Crippen molar-refractivity contribution >= 4 is 5.78 Å². The van der Waals surface area contributed by atoms with Crippen molar-refractivity contribution in [3.63, 3.8) is 0 Å². The van der Waals surface area contributed by atoms with Gasteiger partial charge in [-0.1, -0.05) is 12.8 Å². The number of ether oxygens (including phenoxy) is 2. The molecule has 4 heteroatoms. The van der Waals surface area contributed by atoms with Crippen LogP contribution in [0.3, 0.4) is 0 Å². The quantitative estimate of drug-likeness (QED) is 0.840. The molecule has 0 amide bonds. The smallest absolute Gasteiger partial charge is 0.170 e. The van der Waals surface area contributed by atoms with Crippen molar-refractivity contribution in [3.05, 3.63) is 23.8 Å². The van der Waals surface area contributed by atoms with Gasteiger partial charge in [-0.3, -0.25) is 4.79 Å². The van der Waals surface area contributed by atoms with Crippen LogP contribution >= 0.6 is 0 Å². The minimum atomic E-state index is 0.00903. The average molecular weight is 277 g/mol. The first kappa shape index (κ1) is 14.9. The highest BCUT2D eigenvalue weighted by atomic mass is 16.5. The standard InChI is InChI=1S/C16H23NO3/c1-19-12-7-8-15(20-2)14(9-12)16(18)13-6-4-3-5-11(13)10-17/h7-9,11,13H,3-6,10,17H2,1-2H3. The Bertz CT molecular complexity index is 473. The van der Waals surface area contributed by atoms with Crippen molar-refractivity contribution in [1.29, 1.82) is 0 Å². The van der Waals surface area contributed by atoms with Crippen LogP contribution in [0.1, 0.15) is 36.0 Å². The fourth-order valence-corrected chi connectivity index (χ4v) is 3.04. The zero-order valence-electron chi connectivity index (χ0n) is 12.2. The normalized spacial score (nSPS) is 22.4. The van der Waals surface area contributed by atoms with Crippen LogP contribution in [-0.4, -0.2) is 26.5 Å². The second kappa shape index (κ2) is 6.75. The van der Waals surface area contributed by atoms with Crippen molar-refractivity contribution in [3.8, 4) is 11.5 Å². The van der Waals surface area contributed by atoms with Crippen LogP contribution < -0.4 is 15.2 Å². The Kier molecular flexibility index (Phi) is 5.01. The van der Waals surface area contributed by atoms with Gasteiger partial charge in [0.05, 0.1) is 19.8 Å². The lowest BCUT2D eigenvalue weighted by Crippen LogP contribution is -2.32. The second-order valence-electron chi connectivity index (χ2n) is 5.32. The van der Waals surface area contributed by atoms with E-state index in [9.17, 15) is 4.79 Å². The lowest BCUT2D eigenvalue weighted by atomic mass is 9.75. The van der Waals surface area contributed by atoms with Gasteiger partial charge in [0, 0.05) is 5.92 Å². The summed E-state index contributed by atoms with van der Waals surface area (Å²) >= 11 is 0. The number of ketones is 1. The van der Waals surface area contributed by atoms with Crippen molar-refractivity contribution in [1.82, 2.24) is 0 Å². The van der Waals surface area contributed by atoms with E-state index >= 15 is 0 Å². The number of carbonyl (C=O) groups is 1. The summed E-state index contributed by atoms with van der Waals surface area (Å²) < 4.78 is 10.5. The zero-order valence-corrected chi connectivity index (χ0v) is 12.2. The number of rotatable bonds is 5. The number of nitrogens with two attached hydrogens (primary N) is 1. The first-order valence-electron chi connectivity index (χ1n) is 7.17. The molecule has 110 valence electrons. The highest BCUT2D eigenvalue weighted by Crippen LogP contribution is 2.35. The van der Waals surface area contributed by atoms with Crippen molar-refractivity contribution in [2.45, 2.75) is 25.7 Å². The average Bonchev–Trinajstić information content (AvgIpc) is 2.53. The molecule has 2 N–H and O–H groups in total. The second-order valence-corrected chi connectivity index (χ2v) is 5.32. The lowest BCUT2D eigenvalue weighted by molar-refractivity contribution is 0.0826. The predicted molar refractivity (Wildman–Crippen MR) is 78.4 cm³/mol. The minimum absolute atomic E-state index is 0.00903. The Morgan fingerprint density at radius 2 is 2.00 bits per heavy atom. The molecule has 1 aromatic carbocycles. The maximum Gasteiger partial charge on any atom is 0.170 e. The van der Waals surface area contributed by atoms with Gasteiger partial charge in [0.15, 0.2) is 5.78 Å². The first-order valence-corrected chi connectivity index (χ1v) is 7.17. The highest BCUT2D eigenvalue weighted by molar-refractivity contribution is 6.01. The number of methoxy groups -OCH3 is 2. The molecule has 0 radical (unpaired) electrons. The van der Waals surface area contributed by atoms with Gasteiger partial charge in [-0.15, -0.1) is 0 Å². The largest absolute Gasteiger partial charge is 0.497 e. The summed E-state index contributed by atoms with van der Waals surface area (Å²) in [7, 11) is 3.18. The number of hydrogen-bond acceptors (Lipinski definition) is 4. The van der Waals surface area contributed by atoms with Crippen LogP contribution in [-0.2, 0) is 0 Å². The topological polar surface area (TPSA) is 61.5 Å². The molecule has 0 spiro atoms. The Morgan fingerprint density at radius 1 is 1.25 bits per heavy atom. The zero-order chi connectivity index (χ0) is 14.5. The summed E-state index contributed by atoms with van der Waals surface area (Å²) in [4.78, 5) is 12.8. The molecule has 2 rings (SSSR count). The van der Waals surface area contributed by atoms with E-state index in [2.05, 4.69) is 0 Å². The van der Waals surface area contributed by atoms with E-state index in [1.165, 1.54) is 6.42 Å². The maximum atomic E-state index is 12.8. The number of carbonyl (C=O) groups excluding carboxylic acids is 1. The van der Waals surface area contributed by atoms with Gasteiger partial charge in [0.2, 0.25) is 0 Å². The highest BCUT2D eigenvalue weighted by Gasteiger charge is 2.32. The molecule has 0 aromatic heterocycles. The summed E-state index contributed by atoms with van der Waals surface area (Å²) in [6.07, 6.45) is 4.22. The minimum Gasteiger partial charge on any atom is -0.497 e. The van der Waals surface area contributed by atoms with Crippen LogP contribution in [0, 0.1) is 11.8 Å². The predicted octanol–water partition coefficient (Wildman–Crippen LogP) is 2.65. The van der Waals surface area contributed by atoms with Crippen molar-refractivity contribution in [2.75, 3.05) is 20.8 Å². The number of hydrogen-bond donors (Lipinski definition) is 1. The first-order chi connectivity index (χ1) is 9.71. The van der Waals surface area contributed by atoms with E-state index in [1.807, 2.05) is 0 Å². The van der Waals surface area contributed by atoms with Crippen molar-refractivity contribution in [2.24, 2.45) is 17.6 Å². The fraction of sp³-hybridized carbons (Fsp3) is 0.562. The van der Waals surface area contributed by atoms with E-state index in [0.29, 0.717) is 23.6 Å². The number of benzene rings is 1. The SMILES string of the molecule is COc1ccc(OC)c(C(=O)C2CCCCC2CN)c1. The molecule has 1 fully saturated rings. The maximum absolute atomic E-state index is 12.8. The Morgan fingerprint density at radius 3 is 2.65 bits per heavy atom. The molecule has 1 aliphatic rings. The molecule has 1 saturated carbocycles. The van der Waals surface area contributed by atoms with Gasteiger partial charge in [-0.05, 0) is 43.5 Å². The molecular formula is C16H23NO3. The van der Waals surface area contributed by atoms with Gasteiger partial charge in [-0.2, -0.15) is 0 Å². The molecular weight excluding hydrogens is 254 g/mol. The van der Waals surface area contributed by atoms with Crippen LogP contribution in [0.2, 0.25) is 0 Å². The molecule has 0 bridgehead atoms. The molecule has 2 atom stereocenters. The molecule has 0 aliphatic heterocycles. The molecule has 0 saturated heterocycles. The summed E-state index contributed by atoms with van der Waals surface area (Å²) in [6, 6.07) is 5.35. The molecule has 20 heavy (non-hydrogen) atoms. The fourth-order valence-electron chi connectivity index (χ4n) is 3.04. The van der Waals surface area contributed by atoms with E-state index in [4.69, 9.17) is 15.2 Å². The molecule has 4 nitrogen and oxygen atoms in total. The van der Waals surface area contributed by atoms with Crippen LogP contribution in [0.25, 0.3) is 0 Å². The van der Waals surface area contributed by atoms with Crippen LogP contribution in [0.4, 0.5) is 0 Å². The molecule has 0 heterocycles. The summed E-state index contributed by atoms with van der Waals surface area (Å²) in [6.45, 7) is 0.572. The van der Waals surface area contributed by atoms with E-state index in [0.717, 1.165) is 19.3 Å². The van der Waals surface area contributed by atoms with Crippen LogP contribution in [0.5, 0.6) is 11.5 Å². The van der Waals surface area contributed by atoms with E-state index in [-0.39, 0.29) is 17.6 Å². The summed E-state index contributed by atoms with van der Waals surface area (Å²) in [5, 5.41) is 0. The molecule has 1 aromatic rings. The van der Waals surface area contributed by atoms with Gasteiger partial charge in [0.25, 0.3) is 0 Å². The third kappa shape index (κ3) is 2.96. The Labute approximate surface area is 120 Å². The Hall–Kier alpha value is -1.55. The monoisotopic (exact) mass is 277 g/mol. The van der Waals surface area contributed by atoms with E-state index < -0.39 is 0 Å². The summed E-state index contributed by atoms with van der Waals surface area (Å²) in [5.74, 6) is 1.71. The lowest BCUT2D eigenvalue weighted by Gasteiger charge is -2.29.